The van der Waals surface area contributed by atoms with E-state index in [1.807, 2.05) is 40.7 Å². The Balaban J connectivity index is 3.13. The summed E-state index contributed by atoms with van der Waals surface area (Å²) in [6.07, 6.45) is 0.872. The summed E-state index contributed by atoms with van der Waals surface area (Å²) >= 11 is 0. The fourth-order valence-electron chi connectivity index (χ4n) is 1.45. The Morgan fingerprint density at radius 3 is 2.40 bits per heavy atom. The van der Waals surface area contributed by atoms with E-state index in [4.69, 9.17) is 0 Å². The van der Waals surface area contributed by atoms with Gasteiger partial charge < -0.3 is 0 Å². The van der Waals surface area contributed by atoms with Crippen LogP contribution < -0.4 is 0 Å². The van der Waals surface area contributed by atoms with Crippen LogP contribution in [0, 0.1) is 5.41 Å². The zero-order valence-electron chi connectivity index (χ0n) is 10.3. The summed E-state index contributed by atoms with van der Waals surface area (Å²) < 4.78 is 1.80. The van der Waals surface area contributed by atoms with E-state index in [1.165, 1.54) is 0 Å². The van der Waals surface area contributed by atoms with Crippen molar-refractivity contribution >= 4 is 5.78 Å². The molecule has 1 rings (SSSR count). The molecule has 0 aromatic carbocycles. The first-order valence-corrected chi connectivity index (χ1v) is 5.51. The highest BCUT2D eigenvalue weighted by atomic mass is 16.1. The normalized spacial score (nSPS) is 11.8. The third-order valence-electron chi connectivity index (χ3n) is 2.41. The van der Waals surface area contributed by atoms with Gasteiger partial charge in [0.2, 0.25) is 0 Å². The molecule has 0 fully saturated rings. The van der Waals surface area contributed by atoms with Crippen molar-refractivity contribution in [2.45, 2.75) is 47.6 Å². The highest BCUT2D eigenvalue weighted by Crippen LogP contribution is 2.21. The minimum atomic E-state index is -0.335. The summed E-state index contributed by atoms with van der Waals surface area (Å²) in [7, 11) is 0. The van der Waals surface area contributed by atoms with Crippen LogP contribution in [-0.2, 0) is 13.0 Å². The van der Waals surface area contributed by atoms with E-state index in [2.05, 4.69) is 5.10 Å². The zero-order valence-corrected chi connectivity index (χ0v) is 10.3. The van der Waals surface area contributed by atoms with Crippen LogP contribution in [0.15, 0.2) is 6.07 Å². The minimum absolute atomic E-state index is 0.163. The van der Waals surface area contributed by atoms with Crippen LogP contribution in [0.4, 0.5) is 0 Å². The molecule has 0 aliphatic heterocycles. The summed E-state index contributed by atoms with van der Waals surface area (Å²) in [6, 6.07) is 1.91. The lowest BCUT2D eigenvalue weighted by Gasteiger charge is -2.16. The van der Waals surface area contributed by atoms with Gasteiger partial charge in [-0.2, -0.15) is 5.10 Å². The molecule has 0 saturated carbocycles. The predicted molar refractivity (Wildman–Crippen MR) is 61.1 cm³/mol. The Labute approximate surface area is 91.5 Å². The van der Waals surface area contributed by atoms with Crippen molar-refractivity contribution in [1.29, 1.82) is 0 Å². The molecule has 3 heteroatoms. The Morgan fingerprint density at radius 2 is 2.00 bits per heavy atom. The average molecular weight is 208 g/mol. The monoisotopic (exact) mass is 208 g/mol. The number of carbonyl (C=O) groups excluding carboxylic acids is 1. The standard InChI is InChI=1S/C12H20N2O/c1-6-9-8-10(14(7-2)13-9)11(15)12(3,4)5/h8H,6-7H2,1-5H3. The summed E-state index contributed by atoms with van der Waals surface area (Å²) in [4.78, 5) is 12.1. The number of rotatable bonds is 3. The van der Waals surface area contributed by atoms with Gasteiger partial charge in [-0.05, 0) is 19.4 Å². The summed E-state index contributed by atoms with van der Waals surface area (Å²) in [5.41, 5.74) is 1.39. The second kappa shape index (κ2) is 4.17. The molecule has 0 aliphatic carbocycles. The lowest BCUT2D eigenvalue weighted by atomic mass is 9.89. The highest BCUT2D eigenvalue weighted by Gasteiger charge is 2.26. The van der Waals surface area contributed by atoms with Crippen molar-refractivity contribution in [1.82, 2.24) is 9.78 Å². The van der Waals surface area contributed by atoms with Crippen molar-refractivity contribution in [3.8, 4) is 0 Å². The van der Waals surface area contributed by atoms with Gasteiger partial charge in [0, 0.05) is 12.0 Å². The van der Waals surface area contributed by atoms with Crippen LogP contribution in [0.3, 0.4) is 0 Å². The van der Waals surface area contributed by atoms with Gasteiger partial charge in [0.05, 0.1) is 5.69 Å². The van der Waals surface area contributed by atoms with Gasteiger partial charge in [-0.15, -0.1) is 0 Å². The molecule has 84 valence electrons. The van der Waals surface area contributed by atoms with E-state index in [0.29, 0.717) is 0 Å². The Hall–Kier alpha value is -1.12. The van der Waals surface area contributed by atoms with Crippen LogP contribution in [0.5, 0.6) is 0 Å². The van der Waals surface area contributed by atoms with Gasteiger partial charge in [-0.3, -0.25) is 9.48 Å². The van der Waals surface area contributed by atoms with Gasteiger partial charge in [0.25, 0.3) is 0 Å². The number of nitrogens with zero attached hydrogens (tertiary/aromatic N) is 2. The molecule has 1 aromatic rings. The quantitative estimate of drug-likeness (QED) is 0.716. The smallest absolute Gasteiger partial charge is 0.186 e. The molecule has 0 saturated heterocycles. The number of carbonyl (C=O) groups is 1. The number of aryl methyl sites for hydroxylation is 2. The number of hydrogen-bond donors (Lipinski definition) is 0. The molecule has 0 atom stereocenters. The molecule has 0 N–H and O–H groups in total. The molecule has 0 spiro atoms. The molecular weight excluding hydrogens is 188 g/mol. The van der Waals surface area contributed by atoms with E-state index < -0.39 is 0 Å². The van der Waals surface area contributed by atoms with Gasteiger partial charge in [-0.25, -0.2) is 0 Å². The number of ketones is 1. The third-order valence-corrected chi connectivity index (χ3v) is 2.41. The first-order valence-electron chi connectivity index (χ1n) is 5.51. The summed E-state index contributed by atoms with van der Waals surface area (Å²) in [6.45, 7) is 10.6. The van der Waals surface area contributed by atoms with E-state index in [0.717, 1.165) is 24.4 Å². The topological polar surface area (TPSA) is 34.9 Å². The molecule has 15 heavy (non-hydrogen) atoms. The maximum absolute atomic E-state index is 12.1. The van der Waals surface area contributed by atoms with Crippen molar-refractivity contribution in [3.63, 3.8) is 0 Å². The Kier molecular flexibility index (Phi) is 3.32. The van der Waals surface area contributed by atoms with Crippen LogP contribution in [0.25, 0.3) is 0 Å². The van der Waals surface area contributed by atoms with Crippen molar-refractivity contribution in [3.05, 3.63) is 17.5 Å². The number of hydrogen-bond acceptors (Lipinski definition) is 2. The Morgan fingerprint density at radius 1 is 1.40 bits per heavy atom. The molecule has 1 heterocycles. The van der Waals surface area contributed by atoms with E-state index in [9.17, 15) is 4.79 Å². The van der Waals surface area contributed by atoms with Crippen molar-refractivity contribution < 1.29 is 4.79 Å². The minimum Gasteiger partial charge on any atom is -0.292 e. The number of Topliss-reactive ketones (excluding diaryl/α,β-unsaturated/α-hetero) is 1. The SMILES string of the molecule is CCc1cc(C(=O)C(C)(C)C)n(CC)n1. The average Bonchev–Trinajstić information content (AvgIpc) is 2.57. The molecule has 0 aliphatic rings. The predicted octanol–water partition coefficient (Wildman–Crippen LogP) is 2.69. The largest absolute Gasteiger partial charge is 0.292 e. The fourth-order valence-corrected chi connectivity index (χ4v) is 1.45. The van der Waals surface area contributed by atoms with Gasteiger partial charge >= 0.3 is 0 Å². The molecule has 0 amide bonds. The summed E-state index contributed by atoms with van der Waals surface area (Å²) in [5, 5.41) is 4.38. The first kappa shape index (κ1) is 12.0. The van der Waals surface area contributed by atoms with Gasteiger partial charge in [0.15, 0.2) is 5.78 Å². The second-order valence-electron chi connectivity index (χ2n) is 4.77. The third kappa shape index (κ3) is 2.46. The first-order chi connectivity index (χ1) is 6.90. The summed E-state index contributed by atoms with van der Waals surface area (Å²) in [5.74, 6) is 0.163. The van der Waals surface area contributed by atoms with Crippen molar-refractivity contribution in [2.75, 3.05) is 0 Å². The van der Waals surface area contributed by atoms with E-state index in [1.54, 1.807) is 4.68 Å². The lowest BCUT2D eigenvalue weighted by molar-refractivity contribution is 0.0846. The maximum atomic E-state index is 12.1. The molecule has 0 radical (unpaired) electrons. The molecule has 1 aromatic heterocycles. The van der Waals surface area contributed by atoms with Crippen LogP contribution in [-0.4, -0.2) is 15.6 Å². The van der Waals surface area contributed by atoms with Crippen LogP contribution in [0.2, 0.25) is 0 Å². The maximum Gasteiger partial charge on any atom is 0.186 e. The number of aromatic nitrogens is 2. The van der Waals surface area contributed by atoms with E-state index >= 15 is 0 Å². The van der Waals surface area contributed by atoms with Crippen molar-refractivity contribution in [2.24, 2.45) is 5.41 Å². The molecule has 0 bridgehead atoms. The highest BCUT2D eigenvalue weighted by molar-refractivity contribution is 5.98. The van der Waals surface area contributed by atoms with E-state index in [-0.39, 0.29) is 11.2 Å². The second-order valence-corrected chi connectivity index (χ2v) is 4.77. The molecule has 0 unspecified atom stereocenters. The fraction of sp³-hybridized carbons (Fsp3) is 0.667. The molecule has 3 nitrogen and oxygen atoms in total. The van der Waals surface area contributed by atoms with Crippen LogP contribution in [0.1, 0.15) is 50.8 Å². The molecular formula is C12H20N2O. The van der Waals surface area contributed by atoms with Gasteiger partial charge in [-0.1, -0.05) is 27.7 Å². The zero-order chi connectivity index (χ0) is 11.6. The lowest BCUT2D eigenvalue weighted by Crippen LogP contribution is -2.23. The Bertz CT molecular complexity index is 358. The van der Waals surface area contributed by atoms with Crippen LogP contribution >= 0.6 is 0 Å². The van der Waals surface area contributed by atoms with Gasteiger partial charge in [0.1, 0.15) is 5.69 Å².